The van der Waals surface area contributed by atoms with Crippen molar-refractivity contribution in [2.45, 2.75) is 45.1 Å². The van der Waals surface area contributed by atoms with Crippen LogP contribution in [0.5, 0.6) is 11.5 Å². The number of carbonyl (C=O) groups is 1. The number of carbonyl (C=O) groups excluding carboxylic acids is 1. The molecule has 3 aromatic rings. The summed E-state index contributed by atoms with van der Waals surface area (Å²) in [5.41, 5.74) is 1.95. The largest absolute Gasteiger partial charge is 0.486 e. The van der Waals surface area contributed by atoms with E-state index in [4.69, 9.17) is 33.9 Å². The minimum Gasteiger partial charge on any atom is -0.486 e. The highest BCUT2D eigenvalue weighted by Crippen LogP contribution is 2.37. The van der Waals surface area contributed by atoms with E-state index in [0.717, 1.165) is 60.1 Å². The summed E-state index contributed by atoms with van der Waals surface area (Å²) in [4.78, 5) is 31.8. The number of benzene rings is 1. The van der Waals surface area contributed by atoms with Crippen LogP contribution in [-0.2, 0) is 16.5 Å². The number of piperidine rings is 1. The van der Waals surface area contributed by atoms with Crippen molar-refractivity contribution in [3.05, 3.63) is 24.0 Å². The van der Waals surface area contributed by atoms with E-state index in [9.17, 15) is 4.79 Å². The van der Waals surface area contributed by atoms with Gasteiger partial charge in [0.2, 0.25) is 0 Å². The van der Waals surface area contributed by atoms with Gasteiger partial charge in [-0.1, -0.05) is 0 Å². The zero-order valence-corrected chi connectivity index (χ0v) is 23.1. The second kappa shape index (κ2) is 10.2. The molecule has 3 aliphatic heterocycles. The zero-order chi connectivity index (χ0) is 27.1. The molecule has 0 spiro atoms. The molecule has 6 rings (SSSR count). The maximum atomic E-state index is 12.6. The Morgan fingerprint density at radius 3 is 2.38 bits per heavy atom. The number of ether oxygens (including phenoxy) is 4. The maximum Gasteiger partial charge on any atom is 0.410 e. The highest BCUT2D eigenvalue weighted by Gasteiger charge is 2.31. The molecule has 0 unspecified atom stereocenters. The van der Waals surface area contributed by atoms with Gasteiger partial charge in [-0.2, -0.15) is 0 Å². The molecule has 2 aromatic heterocycles. The second-order valence-corrected chi connectivity index (χ2v) is 11.3. The molecule has 5 heterocycles. The highest BCUT2D eigenvalue weighted by molar-refractivity contribution is 5.86. The average molecular weight is 537 g/mol. The Kier molecular flexibility index (Phi) is 6.70. The van der Waals surface area contributed by atoms with Crippen molar-refractivity contribution in [1.82, 2.24) is 24.4 Å². The van der Waals surface area contributed by atoms with Crippen molar-refractivity contribution in [2.75, 3.05) is 57.5 Å². The smallest absolute Gasteiger partial charge is 0.410 e. The van der Waals surface area contributed by atoms with E-state index in [1.807, 2.05) is 46.0 Å². The Bertz CT molecular complexity index is 1370. The Labute approximate surface area is 228 Å². The van der Waals surface area contributed by atoms with E-state index < -0.39 is 5.60 Å². The van der Waals surface area contributed by atoms with Crippen LogP contribution in [0.15, 0.2) is 18.2 Å². The standard InChI is InChI=1S/C28H36N6O5/c1-28(2,3)39-27(35)34-9-7-18(8-10-34)24-29-22-25(32(24)4)30-23(31-26(22)33-11-13-36-14-12-33)19-5-6-20-21(17-19)38-16-15-37-20/h5-6,17-18H,7-16H2,1-4H3. The molecule has 3 aliphatic rings. The lowest BCUT2D eigenvalue weighted by atomic mass is 9.96. The fourth-order valence-electron chi connectivity index (χ4n) is 5.38. The molecule has 11 nitrogen and oxygen atoms in total. The van der Waals surface area contributed by atoms with Crippen LogP contribution >= 0.6 is 0 Å². The van der Waals surface area contributed by atoms with Gasteiger partial charge < -0.3 is 33.3 Å². The molecule has 0 aliphatic carbocycles. The van der Waals surface area contributed by atoms with Crippen molar-refractivity contribution in [3.8, 4) is 22.9 Å². The molecule has 208 valence electrons. The van der Waals surface area contributed by atoms with Gasteiger partial charge in [0, 0.05) is 44.7 Å². The van der Waals surface area contributed by atoms with Crippen LogP contribution in [0.25, 0.3) is 22.6 Å². The third kappa shape index (κ3) is 5.19. The predicted molar refractivity (Wildman–Crippen MR) is 146 cm³/mol. The van der Waals surface area contributed by atoms with E-state index in [1.54, 1.807) is 4.90 Å². The number of fused-ring (bicyclic) bond motifs is 2. The van der Waals surface area contributed by atoms with E-state index in [-0.39, 0.29) is 12.0 Å². The number of aryl methyl sites for hydroxylation is 1. The summed E-state index contributed by atoms with van der Waals surface area (Å²) in [7, 11) is 2.02. The number of morpholine rings is 1. The van der Waals surface area contributed by atoms with E-state index in [1.165, 1.54) is 0 Å². The molecule has 39 heavy (non-hydrogen) atoms. The minimum absolute atomic E-state index is 0.207. The number of hydrogen-bond acceptors (Lipinski definition) is 9. The molecule has 1 amide bonds. The van der Waals surface area contributed by atoms with Crippen LogP contribution < -0.4 is 14.4 Å². The summed E-state index contributed by atoms with van der Waals surface area (Å²) >= 11 is 0. The molecule has 0 bridgehead atoms. The van der Waals surface area contributed by atoms with E-state index >= 15 is 0 Å². The van der Waals surface area contributed by atoms with Crippen molar-refractivity contribution in [3.63, 3.8) is 0 Å². The molecule has 2 saturated heterocycles. The summed E-state index contributed by atoms with van der Waals surface area (Å²) in [6.07, 6.45) is 1.37. The van der Waals surface area contributed by atoms with Crippen molar-refractivity contribution in [2.24, 2.45) is 7.05 Å². The van der Waals surface area contributed by atoms with Crippen LogP contribution in [0.4, 0.5) is 10.6 Å². The number of hydrogen-bond donors (Lipinski definition) is 0. The number of imidazole rings is 1. The zero-order valence-electron chi connectivity index (χ0n) is 23.1. The second-order valence-electron chi connectivity index (χ2n) is 11.3. The molecule has 1 aromatic carbocycles. The van der Waals surface area contributed by atoms with Crippen LogP contribution in [0.2, 0.25) is 0 Å². The third-order valence-corrected chi connectivity index (χ3v) is 7.36. The van der Waals surface area contributed by atoms with Crippen LogP contribution in [0.3, 0.4) is 0 Å². The van der Waals surface area contributed by atoms with E-state index in [2.05, 4.69) is 9.47 Å². The Morgan fingerprint density at radius 2 is 1.67 bits per heavy atom. The van der Waals surface area contributed by atoms with Gasteiger partial charge in [0.15, 0.2) is 34.3 Å². The number of anilines is 1. The van der Waals surface area contributed by atoms with Crippen LogP contribution in [0.1, 0.15) is 45.4 Å². The fraction of sp³-hybridized carbons (Fsp3) is 0.571. The Hall–Kier alpha value is -3.60. The lowest BCUT2D eigenvalue weighted by Crippen LogP contribution is -2.41. The van der Waals surface area contributed by atoms with Gasteiger partial charge in [-0.05, 0) is 51.8 Å². The molecule has 0 N–H and O–H groups in total. The SMILES string of the molecule is Cn1c(C2CCN(C(=O)OC(C)(C)C)CC2)nc2c(N3CCOCC3)nc(-c3ccc4c(c3)OCCO4)nc21. The summed E-state index contributed by atoms with van der Waals surface area (Å²) < 4.78 is 24.8. The summed E-state index contributed by atoms with van der Waals surface area (Å²) in [5.74, 6) is 4.06. The molecule has 11 heteroatoms. The molecular formula is C28H36N6O5. The topological polar surface area (TPSA) is 104 Å². The lowest BCUT2D eigenvalue weighted by Gasteiger charge is -2.33. The highest BCUT2D eigenvalue weighted by atomic mass is 16.6. The van der Waals surface area contributed by atoms with Gasteiger partial charge in [0.25, 0.3) is 0 Å². The van der Waals surface area contributed by atoms with Gasteiger partial charge in [-0.3, -0.25) is 0 Å². The van der Waals surface area contributed by atoms with Gasteiger partial charge >= 0.3 is 6.09 Å². The van der Waals surface area contributed by atoms with Gasteiger partial charge in [-0.15, -0.1) is 0 Å². The fourth-order valence-corrected chi connectivity index (χ4v) is 5.38. The first-order valence-corrected chi connectivity index (χ1v) is 13.7. The number of nitrogens with zero attached hydrogens (tertiary/aromatic N) is 6. The molecule has 0 saturated carbocycles. The number of amides is 1. The average Bonchev–Trinajstić information content (AvgIpc) is 3.28. The lowest BCUT2D eigenvalue weighted by molar-refractivity contribution is 0.0202. The van der Waals surface area contributed by atoms with Gasteiger partial charge in [-0.25, -0.2) is 19.7 Å². The van der Waals surface area contributed by atoms with Gasteiger partial charge in [0.05, 0.1) is 13.2 Å². The third-order valence-electron chi connectivity index (χ3n) is 7.36. The predicted octanol–water partition coefficient (Wildman–Crippen LogP) is 3.75. The quantitative estimate of drug-likeness (QED) is 0.495. The molecule has 0 radical (unpaired) electrons. The Morgan fingerprint density at radius 1 is 0.949 bits per heavy atom. The van der Waals surface area contributed by atoms with Gasteiger partial charge in [0.1, 0.15) is 24.6 Å². The van der Waals surface area contributed by atoms with Crippen molar-refractivity contribution >= 4 is 23.1 Å². The molecular weight excluding hydrogens is 500 g/mol. The number of rotatable bonds is 3. The van der Waals surface area contributed by atoms with Crippen LogP contribution in [0, 0.1) is 0 Å². The summed E-state index contributed by atoms with van der Waals surface area (Å²) in [5, 5.41) is 0. The van der Waals surface area contributed by atoms with Crippen LogP contribution in [-0.4, -0.2) is 88.7 Å². The molecule has 0 atom stereocenters. The first kappa shape index (κ1) is 25.7. The van der Waals surface area contributed by atoms with Crippen molar-refractivity contribution in [1.29, 1.82) is 0 Å². The first-order valence-electron chi connectivity index (χ1n) is 13.7. The van der Waals surface area contributed by atoms with Crippen molar-refractivity contribution < 1.29 is 23.7 Å². The summed E-state index contributed by atoms with van der Waals surface area (Å²) in [6.45, 7) is 10.8. The summed E-state index contributed by atoms with van der Waals surface area (Å²) in [6, 6.07) is 5.84. The monoisotopic (exact) mass is 536 g/mol. The minimum atomic E-state index is -0.505. The molecule has 2 fully saturated rings. The normalized spacial score (nSPS) is 18.5. The van der Waals surface area contributed by atoms with E-state index in [0.29, 0.717) is 51.1 Å². The number of likely N-dealkylation sites (tertiary alicyclic amines) is 1. The first-order chi connectivity index (χ1) is 18.8. The number of aromatic nitrogens is 4. The maximum absolute atomic E-state index is 12.6. The Balaban J connectivity index is 1.34.